The second kappa shape index (κ2) is 12.8. The van der Waals surface area contributed by atoms with Crippen LogP contribution < -0.4 is 0 Å². The Morgan fingerprint density at radius 2 is 0.862 bits per heavy atom. The monoisotopic (exact) mass is 739 g/mol. The third-order valence-electron chi connectivity index (χ3n) is 11.5. The van der Waals surface area contributed by atoms with Gasteiger partial charge in [0.2, 0.25) is 0 Å². The molecule has 0 fully saturated rings. The highest BCUT2D eigenvalue weighted by Crippen LogP contribution is 2.43. The molecule has 0 aliphatic rings. The van der Waals surface area contributed by atoms with Crippen LogP contribution in [0, 0.1) is 0 Å². The largest absolute Gasteiger partial charge is 0.309 e. The molecule has 270 valence electrons. The Balaban J connectivity index is 1.15. The third-order valence-corrected chi connectivity index (χ3v) is 11.5. The number of hydrogen-bond donors (Lipinski definition) is 0. The zero-order chi connectivity index (χ0) is 38.2. The molecular formula is C53H33N5. The fraction of sp³-hybridized carbons (Fsp3) is 0. The van der Waals surface area contributed by atoms with Gasteiger partial charge in [-0.25, -0.2) is 15.0 Å². The molecule has 0 atom stereocenters. The van der Waals surface area contributed by atoms with Crippen molar-refractivity contribution in [2.24, 2.45) is 0 Å². The minimum Gasteiger partial charge on any atom is -0.309 e. The molecule has 0 N–H and O–H groups in total. The topological polar surface area (TPSA) is 48.5 Å². The van der Waals surface area contributed by atoms with Gasteiger partial charge in [0, 0.05) is 49.3 Å². The second-order valence-corrected chi connectivity index (χ2v) is 14.8. The van der Waals surface area contributed by atoms with Gasteiger partial charge in [0.1, 0.15) is 0 Å². The summed E-state index contributed by atoms with van der Waals surface area (Å²) in [6, 6.07) is 71.0. The normalized spacial score (nSPS) is 11.8. The van der Waals surface area contributed by atoms with E-state index in [0.29, 0.717) is 17.5 Å². The van der Waals surface area contributed by atoms with Crippen molar-refractivity contribution in [2.75, 3.05) is 0 Å². The molecule has 0 spiro atoms. The van der Waals surface area contributed by atoms with Gasteiger partial charge in [-0.05, 0) is 64.7 Å². The van der Waals surface area contributed by atoms with E-state index >= 15 is 0 Å². The van der Waals surface area contributed by atoms with Crippen LogP contribution in [0.25, 0.3) is 111 Å². The maximum Gasteiger partial charge on any atom is 0.164 e. The number of rotatable bonds is 5. The van der Waals surface area contributed by atoms with E-state index in [9.17, 15) is 0 Å². The van der Waals surface area contributed by atoms with Crippen LogP contribution in [0.5, 0.6) is 0 Å². The predicted octanol–water partition coefficient (Wildman–Crippen LogP) is 13.4. The Hall–Kier alpha value is -7.89. The average Bonchev–Trinajstić information content (AvgIpc) is 3.80. The van der Waals surface area contributed by atoms with E-state index in [1.54, 1.807) is 0 Å². The zero-order valence-electron chi connectivity index (χ0n) is 31.3. The average molecular weight is 740 g/mol. The van der Waals surface area contributed by atoms with Crippen LogP contribution in [0.15, 0.2) is 200 Å². The van der Waals surface area contributed by atoms with Gasteiger partial charge in [-0.2, -0.15) is 0 Å². The van der Waals surface area contributed by atoms with Gasteiger partial charge in [0.15, 0.2) is 17.5 Å². The molecule has 3 aromatic heterocycles. The summed E-state index contributed by atoms with van der Waals surface area (Å²) in [6.07, 6.45) is 0. The summed E-state index contributed by atoms with van der Waals surface area (Å²) in [5.41, 5.74) is 9.78. The van der Waals surface area contributed by atoms with Gasteiger partial charge in [0.25, 0.3) is 0 Å². The number of fused-ring (bicyclic) bond motifs is 9. The van der Waals surface area contributed by atoms with Gasteiger partial charge in [0.05, 0.1) is 27.8 Å². The molecule has 0 aliphatic heterocycles. The molecule has 3 heterocycles. The highest BCUT2D eigenvalue weighted by Gasteiger charge is 2.22. The molecule has 0 bridgehead atoms. The third kappa shape index (κ3) is 4.93. The fourth-order valence-corrected chi connectivity index (χ4v) is 8.97. The number of aromatic nitrogens is 5. The van der Waals surface area contributed by atoms with E-state index in [2.05, 4.69) is 149 Å². The van der Waals surface area contributed by atoms with E-state index < -0.39 is 0 Å². The van der Waals surface area contributed by atoms with E-state index in [1.165, 1.54) is 43.4 Å². The molecular weight excluding hydrogens is 707 g/mol. The summed E-state index contributed by atoms with van der Waals surface area (Å²) in [4.78, 5) is 15.2. The van der Waals surface area contributed by atoms with E-state index in [0.717, 1.165) is 49.9 Å². The minimum absolute atomic E-state index is 0.639. The molecule has 0 saturated heterocycles. The summed E-state index contributed by atoms with van der Waals surface area (Å²) in [6.45, 7) is 0. The van der Waals surface area contributed by atoms with Crippen LogP contribution in [-0.2, 0) is 0 Å². The Kier molecular flexibility index (Phi) is 7.16. The highest BCUT2D eigenvalue weighted by atomic mass is 15.0. The number of nitrogens with zero attached hydrogens (tertiary/aromatic N) is 5. The smallest absolute Gasteiger partial charge is 0.164 e. The van der Waals surface area contributed by atoms with Crippen molar-refractivity contribution in [3.63, 3.8) is 0 Å². The Bertz CT molecular complexity index is 3490. The van der Waals surface area contributed by atoms with Gasteiger partial charge in [-0.3, -0.25) is 0 Å². The van der Waals surface area contributed by atoms with Crippen molar-refractivity contribution in [1.82, 2.24) is 24.1 Å². The first-order chi connectivity index (χ1) is 28.8. The molecule has 0 radical (unpaired) electrons. The summed E-state index contributed by atoms with van der Waals surface area (Å²) in [5.74, 6) is 1.93. The molecule has 5 heteroatoms. The number of para-hydroxylation sites is 2. The quantitative estimate of drug-likeness (QED) is 0.177. The molecule has 12 aromatic rings. The second-order valence-electron chi connectivity index (χ2n) is 14.8. The van der Waals surface area contributed by atoms with Gasteiger partial charge in [-0.1, -0.05) is 152 Å². The standard InChI is InChI=1S/C53H33N5/c1-4-17-35(18-5-1)51-54-52(36-19-6-2-7-20-36)56-53(55-51)42-29-31-46(40-25-13-12-24-39(40)42)58-45-27-15-14-26-41(45)43-32-49-44(33-48(43)58)50-38-23-11-10-16-34(38)28-30-47(50)57(49)37-21-8-3-9-22-37/h1-33H. The summed E-state index contributed by atoms with van der Waals surface area (Å²) >= 11 is 0. The van der Waals surface area contributed by atoms with Crippen molar-refractivity contribution in [3.8, 4) is 45.5 Å². The summed E-state index contributed by atoms with van der Waals surface area (Å²) in [5, 5.41) is 9.56. The molecule has 0 unspecified atom stereocenters. The number of hydrogen-bond acceptors (Lipinski definition) is 3. The lowest BCUT2D eigenvalue weighted by atomic mass is 10.0. The van der Waals surface area contributed by atoms with Crippen molar-refractivity contribution in [1.29, 1.82) is 0 Å². The van der Waals surface area contributed by atoms with Gasteiger partial charge >= 0.3 is 0 Å². The lowest BCUT2D eigenvalue weighted by Gasteiger charge is -2.15. The molecule has 0 aliphatic carbocycles. The molecule has 0 amide bonds. The first-order valence-electron chi connectivity index (χ1n) is 19.6. The first kappa shape index (κ1) is 32.4. The van der Waals surface area contributed by atoms with E-state index in [4.69, 9.17) is 15.0 Å². The Labute approximate surface area is 333 Å². The molecule has 5 nitrogen and oxygen atoms in total. The summed E-state index contributed by atoms with van der Waals surface area (Å²) < 4.78 is 4.88. The SMILES string of the molecule is c1ccc(-c2nc(-c3ccccc3)nc(-c3ccc(-n4c5ccccc5c5cc6c(cc54)c4c5ccccc5ccc4n6-c4ccccc4)c4ccccc34)n2)cc1. The predicted molar refractivity (Wildman–Crippen MR) is 240 cm³/mol. The molecule has 9 aromatic carbocycles. The lowest BCUT2D eigenvalue weighted by Crippen LogP contribution is -2.01. The fourth-order valence-electron chi connectivity index (χ4n) is 8.97. The van der Waals surface area contributed by atoms with E-state index in [-0.39, 0.29) is 0 Å². The van der Waals surface area contributed by atoms with Crippen LogP contribution in [0.1, 0.15) is 0 Å². The van der Waals surface area contributed by atoms with Crippen molar-refractivity contribution in [3.05, 3.63) is 200 Å². The van der Waals surface area contributed by atoms with Crippen LogP contribution in [0.3, 0.4) is 0 Å². The number of benzene rings is 9. The van der Waals surface area contributed by atoms with Crippen molar-refractivity contribution < 1.29 is 0 Å². The van der Waals surface area contributed by atoms with Crippen LogP contribution in [0.2, 0.25) is 0 Å². The lowest BCUT2D eigenvalue weighted by molar-refractivity contribution is 1.08. The Morgan fingerprint density at radius 1 is 0.310 bits per heavy atom. The molecule has 0 saturated carbocycles. The van der Waals surface area contributed by atoms with Crippen molar-refractivity contribution >= 4 is 65.2 Å². The van der Waals surface area contributed by atoms with Crippen LogP contribution in [0.4, 0.5) is 0 Å². The van der Waals surface area contributed by atoms with E-state index in [1.807, 2.05) is 60.7 Å². The van der Waals surface area contributed by atoms with Gasteiger partial charge < -0.3 is 9.13 Å². The molecule has 12 rings (SSSR count). The first-order valence-corrected chi connectivity index (χ1v) is 19.6. The maximum atomic E-state index is 5.13. The molecule has 58 heavy (non-hydrogen) atoms. The minimum atomic E-state index is 0.639. The highest BCUT2D eigenvalue weighted by molar-refractivity contribution is 6.25. The zero-order valence-corrected chi connectivity index (χ0v) is 31.3. The van der Waals surface area contributed by atoms with Crippen LogP contribution >= 0.6 is 0 Å². The van der Waals surface area contributed by atoms with Crippen LogP contribution in [-0.4, -0.2) is 24.1 Å². The Morgan fingerprint density at radius 3 is 1.59 bits per heavy atom. The maximum absolute atomic E-state index is 5.13. The summed E-state index contributed by atoms with van der Waals surface area (Å²) in [7, 11) is 0. The van der Waals surface area contributed by atoms with Crippen molar-refractivity contribution in [2.45, 2.75) is 0 Å². The van der Waals surface area contributed by atoms with Gasteiger partial charge in [-0.15, -0.1) is 0 Å².